The second kappa shape index (κ2) is 9.01. The number of rotatable bonds is 9. The molecule has 1 amide bonds. The van der Waals surface area contributed by atoms with Gasteiger partial charge in [0.25, 0.3) is 0 Å². The Balaban J connectivity index is 1.99. The molecule has 0 aliphatic heterocycles. The normalized spacial score (nSPS) is 24.7. The highest BCUT2D eigenvalue weighted by atomic mass is 32.2. The average molecular weight is 410 g/mol. The van der Waals surface area contributed by atoms with Crippen LogP contribution in [0.4, 0.5) is 5.82 Å². The number of carbonyl (C=O) groups excluding carboxylic acids is 1. The van der Waals surface area contributed by atoms with Crippen molar-refractivity contribution < 1.29 is 15.0 Å². The van der Waals surface area contributed by atoms with Crippen molar-refractivity contribution in [1.29, 1.82) is 0 Å². The van der Waals surface area contributed by atoms with E-state index in [0.717, 1.165) is 31.6 Å². The van der Waals surface area contributed by atoms with Crippen molar-refractivity contribution >= 4 is 34.7 Å². The number of carbonyl (C=O) groups is 1. The van der Waals surface area contributed by atoms with Crippen molar-refractivity contribution in [3.63, 3.8) is 0 Å². The van der Waals surface area contributed by atoms with E-state index in [-0.39, 0.29) is 6.42 Å². The summed E-state index contributed by atoms with van der Waals surface area (Å²) in [4.78, 5) is 20.7. The summed E-state index contributed by atoms with van der Waals surface area (Å²) in [7, 11) is 0. The van der Waals surface area contributed by atoms with Crippen LogP contribution in [0.15, 0.2) is 5.16 Å². The minimum atomic E-state index is -1.24. The Bertz CT molecular complexity index is 830. The molecule has 3 unspecified atom stereocenters. The monoisotopic (exact) mass is 409 g/mol. The third-order valence-electron chi connectivity index (χ3n) is 4.89. The van der Waals surface area contributed by atoms with Gasteiger partial charge < -0.3 is 21.3 Å². The molecule has 1 saturated carbocycles. The predicted octanol–water partition coefficient (Wildman–Crippen LogP) is 0.703. The minimum absolute atomic E-state index is 0.177. The van der Waals surface area contributed by atoms with Gasteiger partial charge in [-0.2, -0.15) is 0 Å². The Morgan fingerprint density at radius 1 is 1.29 bits per heavy atom. The van der Waals surface area contributed by atoms with Crippen molar-refractivity contribution in [2.24, 2.45) is 11.7 Å². The van der Waals surface area contributed by atoms with E-state index in [9.17, 15) is 15.0 Å². The number of thioether (sulfide) groups is 1. The number of nitrogens with two attached hydrogens (primary N) is 1. The maximum absolute atomic E-state index is 11.6. The number of hydrogen-bond donors (Lipinski definition) is 4. The Labute approximate surface area is 167 Å². The molecule has 2 heterocycles. The van der Waals surface area contributed by atoms with Crippen molar-refractivity contribution in [2.75, 3.05) is 17.6 Å². The molecule has 1 fully saturated rings. The largest absolute Gasteiger partial charge is 0.390 e. The summed E-state index contributed by atoms with van der Waals surface area (Å²) in [5.74, 6) is -0.00938. The van der Waals surface area contributed by atoms with Gasteiger partial charge in [-0.3, -0.25) is 4.79 Å². The molecule has 0 spiro atoms. The van der Waals surface area contributed by atoms with Crippen LogP contribution in [0.25, 0.3) is 11.2 Å². The van der Waals surface area contributed by atoms with Gasteiger partial charge in [-0.1, -0.05) is 37.2 Å². The van der Waals surface area contributed by atoms with E-state index in [2.05, 4.69) is 39.4 Å². The second-order valence-corrected chi connectivity index (χ2v) is 8.04. The van der Waals surface area contributed by atoms with Crippen LogP contribution < -0.4 is 11.1 Å². The van der Waals surface area contributed by atoms with Gasteiger partial charge in [0.05, 0.1) is 18.1 Å². The summed E-state index contributed by atoms with van der Waals surface area (Å²) >= 11 is 1.53. The van der Waals surface area contributed by atoms with Gasteiger partial charge in [0.15, 0.2) is 22.1 Å². The summed E-state index contributed by atoms with van der Waals surface area (Å²) in [6.45, 7) is 4.94. The Morgan fingerprint density at radius 2 is 2.07 bits per heavy atom. The minimum Gasteiger partial charge on any atom is -0.390 e. The molecule has 5 N–H and O–H groups in total. The van der Waals surface area contributed by atoms with Crippen LogP contribution >= 0.6 is 11.8 Å². The first-order chi connectivity index (χ1) is 13.5. The molecular weight excluding hydrogens is 382 g/mol. The number of aliphatic hydroxyl groups excluding tert-OH is 2. The number of aliphatic hydroxyl groups is 2. The molecule has 4 atom stereocenters. The van der Waals surface area contributed by atoms with Gasteiger partial charge in [0, 0.05) is 12.3 Å². The number of amides is 1. The van der Waals surface area contributed by atoms with Gasteiger partial charge >= 0.3 is 0 Å². The quantitative estimate of drug-likeness (QED) is 0.266. The summed E-state index contributed by atoms with van der Waals surface area (Å²) in [6.07, 6.45) is 0.781. The topological polar surface area (TPSA) is 152 Å². The predicted molar refractivity (Wildman–Crippen MR) is 106 cm³/mol. The van der Waals surface area contributed by atoms with Crippen LogP contribution in [0.5, 0.6) is 0 Å². The molecule has 3 rings (SSSR count). The van der Waals surface area contributed by atoms with E-state index in [0.29, 0.717) is 22.1 Å². The number of nitrogens with one attached hydrogen (secondary N) is 1. The third-order valence-corrected chi connectivity index (χ3v) is 5.95. The van der Waals surface area contributed by atoms with Crippen LogP contribution in [-0.2, 0) is 4.79 Å². The van der Waals surface area contributed by atoms with Gasteiger partial charge in [-0.25, -0.2) is 14.6 Å². The van der Waals surface area contributed by atoms with Crippen molar-refractivity contribution in [3.05, 3.63) is 0 Å². The summed E-state index contributed by atoms with van der Waals surface area (Å²) in [5, 5.41) is 32.9. The number of nitrogens with zero attached hydrogens (tertiary/aromatic N) is 5. The number of primary amides is 1. The lowest BCUT2D eigenvalue weighted by Gasteiger charge is -2.16. The molecule has 10 nitrogen and oxygen atoms in total. The zero-order chi connectivity index (χ0) is 20.3. The number of anilines is 1. The van der Waals surface area contributed by atoms with E-state index in [1.807, 2.05) is 0 Å². The lowest BCUT2D eigenvalue weighted by molar-refractivity contribution is -0.125. The van der Waals surface area contributed by atoms with E-state index in [4.69, 9.17) is 5.73 Å². The first-order valence-electron chi connectivity index (χ1n) is 9.62. The number of aromatic nitrogens is 5. The molecule has 154 valence electrons. The molecule has 11 heteroatoms. The summed E-state index contributed by atoms with van der Waals surface area (Å²) in [5.41, 5.74) is 6.32. The van der Waals surface area contributed by atoms with Crippen LogP contribution in [0, 0.1) is 5.92 Å². The maximum Gasteiger partial charge on any atom is 0.223 e. The summed E-state index contributed by atoms with van der Waals surface area (Å²) < 4.78 is 1.48. The zero-order valence-electron chi connectivity index (χ0n) is 16.1. The highest BCUT2D eigenvalue weighted by Gasteiger charge is 2.46. The fourth-order valence-corrected chi connectivity index (χ4v) is 4.03. The fraction of sp³-hybridized carbons (Fsp3) is 0.706. The van der Waals surface area contributed by atoms with E-state index in [1.54, 1.807) is 0 Å². The molecule has 0 aromatic carbocycles. The van der Waals surface area contributed by atoms with Crippen molar-refractivity contribution in [3.8, 4) is 0 Å². The van der Waals surface area contributed by atoms with Gasteiger partial charge in [-0.05, 0) is 19.3 Å². The Hall–Kier alpha value is -1.98. The standard InChI is InChI=1S/C17H27N7O3S/c1-3-5-6-19-15-11-16(21-17(20-15)28-7-4-2)24(23-22-11)10-8-9(14(18)27)12(25)13(10)26/h9-10,12-13,25-26H,3-8H2,1-2H3,(H2,18,27)(H,19,20,21)/t9-,10?,12?,13?/m0/s1. The van der Waals surface area contributed by atoms with Crippen LogP contribution in [0.2, 0.25) is 0 Å². The Kier molecular flexibility index (Phi) is 6.68. The van der Waals surface area contributed by atoms with E-state index < -0.39 is 30.1 Å². The smallest absolute Gasteiger partial charge is 0.223 e. The van der Waals surface area contributed by atoms with Crippen molar-refractivity contribution in [1.82, 2.24) is 25.0 Å². The van der Waals surface area contributed by atoms with Gasteiger partial charge in [0.2, 0.25) is 5.91 Å². The van der Waals surface area contributed by atoms with Crippen LogP contribution in [0.1, 0.15) is 45.6 Å². The Morgan fingerprint density at radius 3 is 2.71 bits per heavy atom. The van der Waals surface area contributed by atoms with Crippen LogP contribution in [-0.4, -0.2) is 65.6 Å². The van der Waals surface area contributed by atoms with Gasteiger partial charge in [0.1, 0.15) is 6.10 Å². The SMILES string of the molecule is CCCCNc1nc(SCCC)nc2c1nnn2C1C[C@H](C(N)=O)C(O)C1O. The molecule has 0 saturated heterocycles. The van der Waals surface area contributed by atoms with E-state index in [1.165, 1.54) is 16.4 Å². The van der Waals surface area contributed by atoms with Crippen molar-refractivity contribution in [2.45, 2.75) is 62.9 Å². The number of hydrogen-bond acceptors (Lipinski definition) is 9. The first kappa shape index (κ1) is 20.7. The van der Waals surface area contributed by atoms with Gasteiger partial charge in [-0.15, -0.1) is 5.10 Å². The highest BCUT2D eigenvalue weighted by molar-refractivity contribution is 7.99. The number of fused-ring (bicyclic) bond motifs is 1. The average Bonchev–Trinajstić information content (AvgIpc) is 3.22. The molecule has 0 radical (unpaired) electrons. The molecule has 2 aromatic heterocycles. The first-order valence-corrected chi connectivity index (χ1v) is 10.6. The molecule has 28 heavy (non-hydrogen) atoms. The summed E-state index contributed by atoms with van der Waals surface area (Å²) in [6, 6.07) is -0.639. The van der Waals surface area contributed by atoms with E-state index >= 15 is 0 Å². The lowest BCUT2D eigenvalue weighted by Crippen LogP contribution is -2.35. The number of unbranched alkanes of at least 4 members (excludes halogenated alkanes) is 1. The van der Waals surface area contributed by atoms with Crippen LogP contribution in [0.3, 0.4) is 0 Å². The molecule has 1 aliphatic rings. The lowest BCUT2D eigenvalue weighted by atomic mass is 10.1. The molecular formula is C17H27N7O3S. The molecule has 0 bridgehead atoms. The molecule has 1 aliphatic carbocycles. The zero-order valence-corrected chi connectivity index (χ0v) is 16.9. The highest BCUT2D eigenvalue weighted by Crippen LogP contribution is 2.37. The second-order valence-electron chi connectivity index (χ2n) is 6.98. The maximum atomic E-state index is 11.6. The third kappa shape index (κ3) is 4.06. The fourth-order valence-electron chi connectivity index (χ4n) is 3.33. The molecule has 2 aromatic rings.